The van der Waals surface area contributed by atoms with E-state index in [-0.39, 0.29) is 29.8 Å². The van der Waals surface area contributed by atoms with Gasteiger partial charge in [-0.2, -0.15) is 0 Å². The summed E-state index contributed by atoms with van der Waals surface area (Å²) in [7, 11) is 3.10. The number of nitrogens with one attached hydrogen (secondary N) is 2. The summed E-state index contributed by atoms with van der Waals surface area (Å²) < 4.78 is 4.89. The van der Waals surface area contributed by atoms with Crippen LogP contribution >= 0.6 is 12.4 Å². The lowest BCUT2D eigenvalue weighted by molar-refractivity contribution is -0.385. The lowest BCUT2D eigenvalue weighted by Crippen LogP contribution is -2.30. The summed E-state index contributed by atoms with van der Waals surface area (Å²) in [5.41, 5.74) is 0.165. The molecule has 1 rings (SSSR count). The molecule has 0 spiro atoms. The average molecular weight is 290 g/mol. The van der Waals surface area contributed by atoms with E-state index in [1.54, 1.807) is 7.05 Å². The number of hydrogen-bond acceptors (Lipinski definition) is 5. The van der Waals surface area contributed by atoms with Crippen LogP contribution in [0.5, 0.6) is 5.75 Å². The first kappa shape index (κ1) is 17.1. The number of nitro benzene ring substituents is 1. The molecule has 0 unspecified atom stereocenters. The van der Waals surface area contributed by atoms with Crippen LogP contribution in [0.15, 0.2) is 18.2 Å². The molecule has 0 radical (unpaired) electrons. The highest BCUT2D eigenvalue weighted by molar-refractivity contribution is 5.95. The van der Waals surface area contributed by atoms with Crippen molar-refractivity contribution in [2.45, 2.75) is 0 Å². The molecular weight excluding hydrogens is 274 g/mol. The number of halogens is 1. The predicted octanol–water partition coefficient (Wildman–Crippen LogP) is 0.974. The van der Waals surface area contributed by atoms with Crippen LogP contribution in [0.2, 0.25) is 0 Å². The van der Waals surface area contributed by atoms with Gasteiger partial charge in [0.2, 0.25) is 0 Å². The van der Waals surface area contributed by atoms with Crippen molar-refractivity contribution in [2.75, 3.05) is 27.2 Å². The third-order valence-corrected chi connectivity index (χ3v) is 2.30. The molecule has 0 aliphatic heterocycles. The second-order valence-corrected chi connectivity index (χ2v) is 3.50. The molecule has 7 nitrogen and oxygen atoms in total. The van der Waals surface area contributed by atoms with Crippen LogP contribution in [0.1, 0.15) is 10.4 Å². The monoisotopic (exact) mass is 289 g/mol. The SMILES string of the molecule is CNCCNC(=O)c1ccc([N+](=O)[O-])c(OC)c1.Cl. The number of carbonyl (C=O) groups excluding carboxylic acids is 1. The molecule has 0 atom stereocenters. The number of carbonyl (C=O) groups is 1. The van der Waals surface area contributed by atoms with Gasteiger partial charge in [0.25, 0.3) is 5.91 Å². The highest BCUT2D eigenvalue weighted by Gasteiger charge is 2.17. The van der Waals surface area contributed by atoms with Crippen LogP contribution < -0.4 is 15.4 Å². The minimum atomic E-state index is -0.554. The molecule has 19 heavy (non-hydrogen) atoms. The number of benzene rings is 1. The highest BCUT2D eigenvalue weighted by atomic mass is 35.5. The fraction of sp³-hybridized carbons (Fsp3) is 0.364. The average Bonchev–Trinajstić information content (AvgIpc) is 2.37. The van der Waals surface area contributed by atoms with E-state index in [0.29, 0.717) is 18.7 Å². The number of likely N-dealkylation sites (N-methyl/N-ethyl adjacent to an activating group) is 1. The van der Waals surface area contributed by atoms with Crippen LogP contribution in [-0.4, -0.2) is 38.1 Å². The molecule has 0 heterocycles. The van der Waals surface area contributed by atoms with Crippen molar-refractivity contribution in [1.29, 1.82) is 0 Å². The maximum atomic E-state index is 11.7. The van der Waals surface area contributed by atoms with Gasteiger partial charge in [0, 0.05) is 30.8 Å². The normalized spacial score (nSPS) is 9.37. The summed E-state index contributed by atoms with van der Waals surface area (Å²) >= 11 is 0. The van der Waals surface area contributed by atoms with Crippen molar-refractivity contribution in [1.82, 2.24) is 10.6 Å². The van der Waals surface area contributed by atoms with E-state index < -0.39 is 4.92 Å². The van der Waals surface area contributed by atoms with Crippen molar-refractivity contribution in [3.05, 3.63) is 33.9 Å². The van der Waals surface area contributed by atoms with E-state index in [2.05, 4.69) is 10.6 Å². The largest absolute Gasteiger partial charge is 0.490 e. The Hall–Kier alpha value is -1.86. The lowest BCUT2D eigenvalue weighted by atomic mass is 10.1. The Balaban J connectivity index is 0.00000324. The zero-order valence-corrected chi connectivity index (χ0v) is 11.5. The van der Waals surface area contributed by atoms with E-state index >= 15 is 0 Å². The van der Waals surface area contributed by atoms with Gasteiger partial charge in [0.05, 0.1) is 12.0 Å². The summed E-state index contributed by atoms with van der Waals surface area (Å²) in [6.07, 6.45) is 0. The van der Waals surface area contributed by atoms with Crippen LogP contribution in [0.25, 0.3) is 0 Å². The minimum absolute atomic E-state index is 0. The third kappa shape index (κ3) is 4.72. The molecule has 0 saturated heterocycles. The standard InChI is InChI=1S/C11H15N3O4.ClH/c1-12-5-6-13-11(15)8-3-4-9(14(16)17)10(7-8)18-2;/h3-4,7,12H,5-6H2,1-2H3,(H,13,15);1H. The molecule has 1 amide bonds. The second-order valence-electron chi connectivity index (χ2n) is 3.50. The molecular formula is C11H16ClN3O4. The number of methoxy groups -OCH3 is 1. The van der Waals surface area contributed by atoms with Crippen LogP contribution in [0, 0.1) is 10.1 Å². The number of nitrogens with zero attached hydrogens (tertiary/aromatic N) is 1. The maximum absolute atomic E-state index is 11.7. The number of amides is 1. The highest BCUT2D eigenvalue weighted by Crippen LogP contribution is 2.27. The fourth-order valence-corrected chi connectivity index (χ4v) is 1.37. The van der Waals surface area contributed by atoms with E-state index in [1.807, 2.05) is 0 Å². The summed E-state index contributed by atoms with van der Waals surface area (Å²) in [6.45, 7) is 1.13. The summed E-state index contributed by atoms with van der Waals surface area (Å²) in [4.78, 5) is 21.8. The number of hydrogen-bond donors (Lipinski definition) is 2. The van der Waals surface area contributed by atoms with Crippen LogP contribution in [-0.2, 0) is 0 Å². The smallest absolute Gasteiger partial charge is 0.310 e. The summed E-state index contributed by atoms with van der Waals surface area (Å²) in [5, 5.41) is 16.3. The Morgan fingerprint density at radius 3 is 2.63 bits per heavy atom. The maximum Gasteiger partial charge on any atom is 0.310 e. The first-order valence-electron chi connectivity index (χ1n) is 5.35. The van der Waals surface area contributed by atoms with Gasteiger partial charge in [-0.15, -0.1) is 12.4 Å². The Bertz CT molecular complexity index is 454. The number of nitro groups is 1. The Morgan fingerprint density at radius 2 is 2.11 bits per heavy atom. The molecule has 0 fully saturated rings. The first-order valence-corrected chi connectivity index (χ1v) is 5.35. The Kier molecular flexibility index (Phi) is 7.47. The molecule has 0 saturated carbocycles. The van der Waals surface area contributed by atoms with E-state index in [4.69, 9.17) is 4.74 Å². The quantitative estimate of drug-likeness (QED) is 0.462. The summed E-state index contributed by atoms with van der Waals surface area (Å²) in [6, 6.07) is 4.01. The molecule has 0 aliphatic carbocycles. The minimum Gasteiger partial charge on any atom is -0.490 e. The number of rotatable bonds is 6. The molecule has 0 aromatic heterocycles. The first-order chi connectivity index (χ1) is 8.60. The van der Waals surface area contributed by atoms with Gasteiger partial charge in [-0.3, -0.25) is 14.9 Å². The topological polar surface area (TPSA) is 93.5 Å². The van der Waals surface area contributed by atoms with E-state index in [9.17, 15) is 14.9 Å². The van der Waals surface area contributed by atoms with Gasteiger partial charge in [-0.1, -0.05) is 0 Å². The van der Waals surface area contributed by atoms with Gasteiger partial charge >= 0.3 is 5.69 Å². The molecule has 0 bridgehead atoms. The van der Waals surface area contributed by atoms with Crippen molar-refractivity contribution < 1.29 is 14.5 Å². The lowest BCUT2D eigenvalue weighted by Gasteiger charge is -2.06. The van der Waals surface area contributed by atoms with Crippen molar-refractivity contribution in [3.63, 3.8) is 0 Å². The molecule has 8 heteroatoms. The Labute approximate surface area is 116 Å². The van der Waals surface area contributed by atoms with Gasteiger partial charge in [-0.05, 0) is 13.1 Å². The Morgan fingerprint density at radius 1 is 1.42 bits per heavy atom. The predicted molar refractivity (Wildman–Crippen MR) is 73.2 cm³/mol. The van der Waals surface area contributed by atoms with E-state index in [1.165, 1.54) is 25.3 Å². The van der Waals surface area contributed by atoms with Crippen molar-refractivity contribution in [3.8, 4) is 5.75 Å². The molecule has 1 aromatic carbocycles. The van der Waals surface area contributed by atoms with Gasteiger partial charge < -0.3 is 15.4 Å². The fourth-order valence-electron chi connectivity index (χ4n) is 1.37. The summed E-state index contributed by atoms with van der Waals surface area (Å²) in [5.74, 6) is -0.222. The molecule has 0 aliphatic rings. The second kappa shape index (κ2) is 8.28. The van der Waals surface area contributed by atoms with Crippen LogP contribution in [0.3, 0.4) is 0 Å². The van der Waals surface area contributed by atoms with Crippen molar-refractivity contribution in [2.24, 2.45) is 0 Å². The molecule has 106 valence electrons. The van der Waals surface area contributed by atoms with Gasteiger partial charge in [0.15, 0.2) is 5.75 Å². The van der Waals surface area contributed by atoms with Gasteiger partial charge in [-0.25, -0.2) is 0 Å². The molecule has 1 aromatic rings. The number of ether oxygens (including phenoxy) is 1. The third-order valence-electron chi connectivity index (χ3n) is 2.30. The zero-order valence-electron chi connectivity index (χ0n) is 10.6. The molecule has 2 N–H and O–H groups in total. The van der Waals surface area contributed by atoms with E-state index in [0.717, 1.165) is 0 Å². The van der Waals surface area contributed by atoms with Gasteiger partial charge in [0.1, 0.15) is 0 Å². The van der Waals surface area contributed by atoms with Crippen LogP contribution in [0.4, 0.5) is 5.69 Å². The zero-order chi connectivity index (χ0) is 13.5. The van der Waals surface area contributed by atoms with Crippen molar-refractivity contribution >= 4 is 24.0 Å².